The molecule has 76 valence electrons. The zero-order valence-electron chi connectivity index (χ0n) is 7.20. The van der Waals surface area contributed by atoms with Crippen molar-refractivity contribution in [3.8, 4) is 0 Å². The predicted octanol–water partition coefficient (Wildman–Crippen LogP) is 2.01. The van der Waals surface area contributed by atoms with Crippen LogP contribution in [-0.2, 0) is 0 Å². The molecular weight excluding hydrogens is 314 g/mol. The van der Waals surface area contributed by atoms with E-state index in [0.29, 0.717) is 0 Å². The topological polar surface area (TPSA) is 37.3 Å². The quantitative estimate of drug-likeness (QED) is 0.871. The van der Waals surface area contributed by atoms with Crippen LogP contribution in [0.25, 0.3) is 10.8 Å². The molecule has 4 heteroatoms. The summed E-state index contributed by atoms with van der Waals surface area (Å²) in [7, 11) is 0. The molecule has 0 unspecified atom stereocenters. The van der Waals surface area contributed by atoms with E-state index in [1.807, 2.05) is 24.3 Å². The molecule has 0 bridgehead atoms. The summed E-state index contributed by atoms with van der Waals surface area (Å²) in [6, 6.07) is 10.8. The molecule has 0 fully saturated rings. The second kappa shape index (κ2) is 4.90. The van der Waals surface area contributed by atoms with E-state index in [1.54, 1.807) is 12.1 Å². The van der Waals surface area contributed by atoms with Gasteiger partial charge in [-0.1, -0.05) is 35.9 Å². The Morgan fingerprint density at radius 1 is 1.13 bits per heavy atom. The number of carboxylic acids is 1. The molecule has 0 radical (unpaired) electrons. The van der Waals surface area contributed by atoms with Crippen LogP contribution >= 0.6 is 11.6 Å². The summed E-state index contributed by atoms with van der Waals surface area (Å²) in [6.07, 6.45) is 0. The Bertz CT molecular complexity index is 511. The molecule has 0 spiro atoms. The van der Waals surface area contributed by atoms with Gasteiger partial charge in [0.25, 0.3) is 0 Å². The van der Waals surface area contributed by atoms with Gasteiger partial charge in [0.15, 0.2) is 0 Å². The molecular formula is C11H10ClInO2. The molecule has 0 atom stereocenters. The molecule has 0 aliphatic rings. The summed E-state index contributed by atoms with van der Waals surface area (Å²) in [5, 5.41) is 10.9. The Labute approximate surface area is 111 Å². The average molecular weight is 324 g/mol. The molecule has 2 aromatic carbocycles. The van der Waals surface area contributed by atoms with Crippen molar-refractivity contribution >= 4 is 54.2 Å². The van der Waals surface area contributed by atoms with Gasteiger partial charge < -0.3 is 5.11 Å². The Morgan fingerprint density at radius 2 is 1.67 bits per heavy atom. The zero-order valence-corrected chi connectivity index (χ0v) is 7.95. The third kappa shape index (κ3) is 2.47. The first-order chi connectivity index (χ1) is 6.68. The standard InChI is InChI=1S/C11H7ClO2.In.3H/c12-10-6-8-4-2-1-3-7(8)5-9(10)11(13)14;;;;/h1-6H,(H,13,14);;;;. The van der Waals surface area contributed by atoms with E-state index in [2.05, 4.69) is 0 Å². The van der Waals surface area contributed by atoms with E-state index in [9.17, 15) is 4.79 Å². The van der Waals surface area contributed by atoms with Crippen LogP contribution in [0.15, 0.2) is 36.4 Å². The number of fused-ring (bicyclic) bond motifs is 1. The van der Waals surface area contributed by atoms with Gasteiger partial charge in [-0.25, -0.2) is 4.79 Å². The number of carboxylic acid groups (broad SMARTS) is 1. The number of hydrogen-bond acceptors (Lipinski definition) is 1. The molecule has 2 nitrogen and oxygen atoms in total. The van der Waals surface area contributed by atoms with Crippen LogP contribution < -0.4 is 0 Å². The number of halogens is 1. The molecule has 2 aromatic rings. The second-order valence-electron chi connectivity index (χ2n) is 2.98. The first kappa shape index (κ1) is 12.4. The summed E-state index contributed by atoms with van der Waals surface area (Å²) in [5.41, 5.74) is 0.144. The van der Waals surface area contributed by atoms with Crippen molar-refractivity contribution in [1.29, 1.82) is 0 Å². The summed E-state index contributed by atoms with van der Waals surface area (Å²) in [6.45, 7) is 0. The summed E-state index contributed by atoms with van der Waals surface area (Å²) >= 11 is 5.82. The van der Waals surface area contributed by atoms with Gasteiger partial charge in [-0.3, -0.25) is 0 Å². The third-order valence-electron chi connectivity index (χ3n) is 2.07. The molecule has 0 saturated heterocycles. The number of benzene rings is 2. The van der Waals surface area contributed by atoms with Crippen molar-refractivity contribution in [1.82, 2.24) is 0 Å². The van der Waals surface area contributed by atoms with Gasteiger partial charge in [0, 0.05) is 0 Å². The number of carbonyl (C=O) groups is 1. The van der Waals surface area contributed by atoms with Crippen molar-refractivity contribution in [3.63, 3.8) is 0 Å². The van der Waals surface area contributed by atoms with Crippen LogP contribution in [0.3, 0.4) is 0 Å². The van der Waals surface area contributed by atoms with Crippen LogP contribution in [0.5, 0.6) is 0 Å². The van der Waals surface area contributed by atoms with E-state index in [4.69, 9.17) is 16.7 Å². The number of hydrogen-bond donors (Lipinski definition) is 1. The van der Waals surface area contributed by atoms with E-state index in [0.717, 1.165) is 10.8 Å². The van der Waals surface area contributed by atoms with Crippen molar-refractivity contribution in [3.05, 3.63) is 47.0 Å². The minimum absolute atomic E-state index is 0. The van der Waals surface area contributed by atoms with Crippen LogP contribution in [0.4, 0.5) is 0 Å². The SMILES string of the molecule is O=C(O)c1cc2ccccc2cc1Cl.[InH3]. The molecule has 0 aliphatic carbocycles. The van der Waals surface area contributed by atoms with Crippen molar-refractivity contribution in [2.24, 2.45) is 0 Å². The Morgan fingerprint density at radius 3 is 2.20 bits per heavy atom. The van der Waals surface area contributed by atoms with Crippen LogP contribution in [0.2, 0.25) is 5.02 Å². The molecule has 15 heavy (non-hydrogen) atoms. The van der Waals surface area contributed by atoms with Gasteiger partial charge in [0.2, 0.25) is 0 Å². The van der Waals surface area contributed by atoms with Gasteiger partial charge in [-0.05, 0) is 22.9 Å². The molecule has 0 aromatic heterocycles. The van der Waals surface area contributed by atoms with E-state index < -0.39 is 5.97 Å². The first-order valence-corrected chi connectivity index (χ1v) is 4.48. The molecule has 2 rings (SSSR count). The van der Waals surface area contributed by atoms with Crippen LogP contribution in [-0.4, -0.2) is 36.9 Å². The Balaban J connectivity index is 0.00000112. The van der Waals surface area contributed by atoms with E-state index >= 15 is 0 Å². The predicted molar refractivity (Wildman–Crippen MR) is 65.9 cm³/mol. The van der Waals surface area contributed by atoms with Crippen LogP contribution in [0.1, 0.15) is 10.4 Å². The molecule has 0 amide bonds. The summed E-state index contributed by atoms with van der Waals surface area (Å²) in [4.78, 5) is 10.8. The first-order valence-electron chi connectivity index (χ1n) is 4.10. The third-order valence-corrected chi connectivity index (χ3v) is 2.38. The average Bonchev–Trinajstić information content (AvgIpc) is 2.16. The monoisotopic (exact) mass is 324 g/mol. The van der Waals surface area contributed by atoms with Gasteiger partial charge in [-0.2, -0.15) is 0 Å². The fourth-order valence-corrected chi connectivity index (χ4v) is 1.63. The van der Waals surface area contributed by atoms with Crippen LogP contribution in [0, 0.1) is 0 Å². The van der Waals surface area contributed by atoms with Gasteiger partial charge in [0.1, 0.15) is 0 Å². The molecule has 0 heterocycles. The molecule has 0 aliphatic heterocycles. The van der Waals surface area contributed by atoms with Crippen molar-refractivity contribution < 1.29 is 9.90 Å². The normalized spacial score (nSPS) is 9.67. The van der Waals surface area contributed by atoms with Crippen molar-refractivity contribution in [2.75, 3.05) is 0 Å². The maximum absolute atomic E-state index is 10.8. The van der Waals surface area contributed by atoms with Gasteiger partial charge >= 0.3 is 31.8 Å². The van der Waals surface area contributed by atoms with Gasteiger partial charge in [0.05, 0.1) is 10.6 Å². The van der Waals surface area contributed by atoms with Crippen molar-refractivity contribution in [2.45, 2.75) is 0 Å². The molecule has 0 saturated carbocycles. The Hall–Kier alpha value is -0.670. The molecule has 1 N–H and O–H groups in total. The Kier molecular flexibility index (Phi) is 4.05. The van der Waals surface area contributed by atoms with E-state index in [-0.39, 0.29) is 36.4 Å². The minimum atomic E-state index is -0.999. The van der Waals surface area contributed by atoms with Gasteiger partial charge in [-0.15, -0.1) is 0 Å². The fourth-order valence-electron chi connectivity index (χ4n) is 1.38. The fraction of sp³-hybridized carbons (Fsp3) is 0. The number of rotatable bonds is 1. The maximum atomic E-state index is 10.8. The van der Waals surface area contributed by atoms with E-state index in [1.165, 1.54) is 0 Å². The number of aromatic carboxylic acids is 1. The summed E-state index contributed by atoms with van der Waals surface area (Å²) < 4.78 is 0. The second-order valence-corrected chi connectivity index (χ2v) is 3.39. The zero-order chi connectivity index (χ0) is 10.1. The summed E-state index contributed by atoms with van der Waals surface area (Å²) in [5.74, 6) is -0.999.